The zero-order valence-electron chi connectivity index (χ0n) is 16.8. The number of halogens is 2. The van der Waals surface area contributed by atoms with E-state index in [9.17, 15) is 9.59 Å². The third kappa shape index (κ3) is 4.57. The van der Waals surface area contributed by atoms with Crippen LogP contribution in [0.2, 0.25) is 5.02 Å². The van der Waals surface area contributed by atoms with E-state index in [4.69, 9.17) is 16.3 Å². The molecule has 0 radical (unpaired) electrons. The molecule has 0 fully saturated rings. The van der Waals surface area contributed by atoms with E-state index in [1.54, 1.807) is 36.0 Å². The maximum Gasteiger partial charge on any atom is 0.343 e. The van der Waals surface area contributed by atoms with Crippen molar-refractivity contribution >= 4 is 45.2 Å². The Kier molecular flexibility index (Phi) is 6.95. The fraction of sp³-hybridized carbons (Fsp3) is 0.227. The van der Waals surface area contributed by atoms with Crippen molar-refractivity contribution in [2.45, 2.75) is 26.8 Å². The number of hydrogen-bond acceptors (Lipinski definition) is 4. The Morgan fingerprint density at radius 1 is 1.17 bits per heavy atom. The van der Waals surface area contributed by atoms with Gasteiger partial charge in [0, 0.05) is 16.7 Å². The van der Waals surface area contributed by atoms with Gasteiger partial charge in [-0.1, -0.05) is 45.7 Å². The lowest BCUT2D eigenvalue weighted by Gasteiger charge is -2.26. The number of benzene rings is 2. The Balaban J connectivity index is 2.14. The first-order chi connectivity index (χ1) is 14.3. The first kappa shape index (κ1) is 22.1. The van der Waals surface area contributed by atoms with Crippen LogP contribution in [0.1, 0.15) is 41.5 Å². The van der Waals surface area contributed by atoms with Gasteiger partial charge >= 0.3 is 5.97 Å². The number of anilines is 1. The van der Waals surface area contributed by atoms with Gasteiger partial charge in [0.15, 0.2) is 5.82 Å². The molecule has 0 aliphatic rings. The van der Waals surface area contributed by atoms with Crippen LogP contribution in [0.25, 0.3) is 5.69 Å². The molecule has 30 heavy (non-hydrogen) atoms. The summed E-state index contributed by atoms with van der Waals surface area (Å²) in [6.07, 6.45) is 1.58. The molecule has 0 unspecified atom stereocenters. The Hall–Kier alpha value is -2.64. The molecule has 6 nitrogen and oxygen atoms in total. The quantitative estimate of drug-likeness (QED) is 0.427. The fourth-order valence-corrected chi connectivity index (χ4v) is 3.73. The van der Waals surface area contributed by atoms with Gasteiger partial charge in [-0.05, 0) is 51.1 Å². The van der Waals surface area contributed by atoms with Crippen LogP contribution in [0.4, 0.5) is 5.82 Å². The van der Waals surface area contributed by atoms with Crippen molar-refractivity contribution in [1.29, 1.82) is 0 Å². The summed E-state index contributed by atoms with van der Waals surface area (Å²) in [6, 6.07) is 14.1. The second kappa shape index (κ2) is 9.45. The summed E-state index contributed by atoms with van der Waals surface area (Å²) in [5.41, 5.74) is 1.28. The molecular weight excluding hydrogens is 470 g/mol. The lowest BCUT2D eigenvalue weighted by molar-refractivity contribution is 0.0527. The van der Waals surface area contributed by atoms with Crippen molar-refractivity contribution in [2.75, 3.05) is 11.5 Å². The van der Waals surface area contributed by atoms with Crippen LogP contribution < -0.4 is 4.90 Å². The van der Waals surface area contributed by atoms with Crippen molar-refractivity contribution < 1.29 is 14.3 Å². The van der Waals surface area contributed by atoms with Gasteiger partial charge in [-0.25, -0.2) is 9.48 Å². The first-order valence-electron chi connectivity index (χ1n) is 9.44. The van der Waals surface area contributed by atoms with Crippen LogP contribution in [0.3, 0.4) is 0 Å². The van der Waals surface area contributed by atoms with E-state index in [0.29, 0.717) is 10.6 Å². The molecule has 0 N–H and O–H groups in total. The van der Waals surface area contributed by atoms with Crippen molar-refractivity contribution in [3.63, 3.8) is 0 Å². The normalized spacial score (nSPS) is 10.9. The van der Waals surface area contributed by atoms with Crippen LogP contribution in [0, 0.1) is 0 Å². The smallest absolute Gasteiger partial charge is 0.343 e. The van der Waals surface area contributed by atoms with Crippen molar-refractivity contribution in [3.05, 3.63) is 75.4 Å². The molecule has 156 valence electrons. The maximum absolute atomic E-state index is 13.4. The molecule has 3 aromatic rings. The van der Waals surface area contributed by atoms with Gasteiger partial charge in [-0.3, -0.25) is 9.69 Å². The van der Waals surface area contributed by atoms with E-state index in [1.165, 1.54) is 4.90 Å². The van der Waals surface area contributed by atoms with Gasteiger partial charge in [0.05, 0.1) is 22.9 Å². The highest BCUT2D eigenvalue weighted by atomic mass is 79.9. The topological polar surface area (TPSA) is 64.4 Å². The summed E-state index contributed by atoms with van der Waals surface area (Å²) in [5, 5.41) is 4.87. The van der Waals surface area contributed by atoms with Crippen molar-refractivity contribution in [1.82, 2.24) is 9.78 Å². The average molecular weight is 491 g/mol. The Bertz CT molecular complexity index is 1070. The minimum Gasteiger partial charge on any atom is -0.462 e. The molecule has 0 saturated heterocycles. The van der Waals surface area contributed by atoms with Crippen LogP contribution >= 0.6 is 27.5 Å². The molecule has 1 heterocycles. The van der Waals surface area contributed by atoms with Crippen LogP contribution in [0.5, 0.6) is 0 Å². The predicted octanol–water partition coefficient (Wildman–Crippen LogP) is 5.52. The average Bonchev–Trinajstić information content (AvgIpc) is 3.13. The number of aromatic nitrogens is 2. The summed E-state index contributed by atoms with van der Waals surface area (Å²) in [7, 11) is 0. The number of hydrogen-bond donors (Lipinski definition) is 0. The molecule has 2 aromatic carbocycles. The highest BCUT2D eigenvalue weighted by Gasteiger charge is 2.30. The van der Waals surface area contributed by atoms with Crippen LogP contribution in [-0.4, -0.2) is 34.3 Å². The minimum atomic E-state index is -0.546. The number of para-hydroxylation sites is 1. The van der Waals surface area contributed by atoms with Crippen LogP contribution in [-0.2, 0) is 4.74 Å². The number of rotatable bonds is 6. The fourth-order valence-electron chi connectivity index (χ4n) is 2.98. The molecule has 0 aliphatic heterocycles. The standard InChI is InChI=1S/C22H21BrClN3O3/c1-4-30-22(29)18-13-26(16-8-6-5-7-9-16)25-20(18)27(14(2)3)21(28)17-11-10-15(23)12-19(17)24/h5-14H,4H2,1-3H3. The molecule has 1 amide bonds. The molecule has 0 atom stereocenters. The summed E-state index contributed by atoms with van der Waals surface area (Å²) in [6.45, 7) is 5.64. The molecular formula is C22H21BrClN3O3. The Morgan fingerprint density at radius 3 is 2.47 bits per heavy atom. The third-order valence-corrected chi connectivity index (χ3v) is 5.14. The lowest BCUT2D eigenvalue weighted by atomic mass is 10.1. The number of ether oxygens (including phenoxy) is 1. The van der Waals surface area contributed by atoms with E-state index >= 15 is 0 Å². The number of carbonyl (C=O) groups is 2. The molecule has 0 aliphatic carbocycles. The third-order valence-electron chi connectivity index (χ3n) is 4.34. The van der Waals surface area contributed by atoms with Gasteiger partial charge in [0.1, 0.15) is 5.56 Å². The van der Waals surface area contributed by atoms with Gasteiger partial charge < -0.3 is 4.74 Å². The predicted molar refractivity (Wildman–Crippen MR) is 121 cm³/mol. The summed E-state index contributed by atoms with van der Waals surface area (Å²) in [4.78, 5) is 27.5. The maximum atomic E-state index is 13.4. The van der Waals surface area contributed by atoms with Gasteiger partial charge in [0.2, 0.25) is 0 Å². The molecule has 3 rings (SSSR count). The summed E-state index contributed by atoms with van der Waals surface area (Å²) >= 11 is 9.67. The second-order valence-corrected chi connectivity index (χ2v) is 8.08. The summed E-state index contributed by atoms with van der Waals surface area (Å²) < 4.78 is 7.54. The largest absolute Gasteiger partial charge is 0.462 e. The first-order valence-corrected chi connectivity index (χ1v) is 10.6. The van der Waals surface area contributed by atoms with E-state index in [0.717, 1.165) is 10.2 Å². The van der Waals surface area contributed by atoms with E-state index in [1.807, 2.05) is 44.2 Å². The van der Waals surface area contributed by atoms with Crippen LogP contribution in [0.15, 0.2) is 59.2 Å². The minimum absolute atomic E-state index is 0.205. The van der Waals surface area contributed by atoms with Gasteiger partial charge in [-0.2, -0.15) is 0 Å². The van der Waals surface area contributed by atoms with E-state index in [2.05, 4.69) is 21.0 Å². The monoisotopic (exact) mass is 489 g/mol. The Morgan fingerprint density at radius 2 is 1.87 bits per heavy atom. The number of nitrogens with zero attached hydrogens (tertiary/aromatic N) is 3. The molecule has 0 bridgehead atoms. The van der Waals surface area contributed by atoms with Gasteiger partial charge in [-0.15, -0.1) is 5.10 Å². The zero-order valence-corrected chi connectivity index (χ0v) is 19.1. The van der Waals surface area contributed by atoms with E-state index < -0.39 is 5.97 Å². The van der Waals surface area contributed by atoms with Crippen molar-refractivity contribution in [2.24, 2.45) is 0 Å². The van der Waals surface area contributed by atoms with E-state index in [-0.39, 0.29) is 29.9 Å². The molecule has 8 heteroatoms. The molecule has 0 spiro atoms. The molecule has 0 saturated carbocycles. The van der Waals surface area contributed by atoms with Crippen molar-refractivity contribution in [3.8, 4) is 5.69 Å². The lowest BCUT2D eigenvalue weighted by Crippen LogP contribution is -2.38. The molecule has 1 aromatic heterocycles. The SMILES string of the molecule is CCOC(=O)c1cn(-c2ccccc2)nc1N(C(=O)c1ccc(Br)cc1Cl)C(C)C. The Labute approximate surface area is 188 Å². The highest BCUT2D eigenvalue weighted by Crippen LogP contribution is 2.29. The number of esters is 1. The zero-order chi connectivity index (χ0) is 21.8. The highest BCUT2D eigenvalue weighted by molar-refractivity contribution is 9.10. The number of amides is 1. The number of carbonyl (C=O) groups excluding carboxylic acids is 2. The van der Waals surface area contributed by atoms with Gasteiger partial charge in [0.25, 0.3) is 5.91 Å². The second-order valence-electron chi connectivity index (χ2n) is 6.76. The summed E-state index contributed by atoms with van der Waals surface area (Å²) in [5.74, 6) is -0.683.